The van der Waals surface area contributed by atoms with E-state index in [0.717, 1.165) is 6.07 Å². The lowest BCUT2D eigenvalue weighted by molar-refractivity contribution is -0.385. The van der Waals surface area contributed by atoms with Crippen LogP contribution in [-0.2, 0) is 10.0 Å². The predicted molar refractivity (Wildman–Crippen MR) is 118 cm³/mol. The second-order valence-electron chi connectivity index (χ2n) is 5.74. The summed E-state index contributed by atoms with van der Waals surface area (Å²) in [7, 11) is -3.95. The largest absolute Gasteiger partial charge is 0.331 e. The average molecular weight is 458 g/mol. The molecule has 9 nitrogen and oxygen atoms in total. The summed E-state index contributed by atoms with van der Waals surface area (Å²) in [5.74, 6) is 0. The van der Waals surface area contributed by atoms with Crippen molar-refractivity contribution in [2.45, 2.75) is 18.7 Å². The maximum absolute atomic E-state index is 12.9. The summed E-state index contributed by atoms with van der Waals surface area (Å²) in [6.07, 6.45) is 0. The Morgan fingerprint density at radius 3 is 2.34 bits per heavy atom. The molecule has 2 aromatic rings. The summed E-state index contributed by atoms with van der Waals surface area (Å²) >= 11 is 11.0. The SMILES string of the molecule is CCN(CC)S(=O)(=O)c1cc([N+](=O)[O-])ccc1NNC(=S)Nc1ccc(Cl)cc1. The highest BCUT2D eigenvalue weighted by Gasteiger charge is 2.27. The fraction of sp³-hybridized carbons (Fsp3) is 0.235. The summed E-state index contributed by atoms with van der Waals surface area (Å²) < 4.78 is 27.1. The molecule has 0 radical (unpaired) electrons. The highest BCUT2D eigenvalue weighted by Crippen LogP contribution is 2.28. The third kappa shape index (κ3) is 5.76. The molecule has 0 bridgehead atoms. The van der Waals surface area contributed by atoms with Crippen LogP contribution in [0.3, 0.4) is 0 Å². The van der Waals surface area contributed by atoms with Crippen molar-refractivity contribution in [3.8, 4) is 0 Å². The molecule has 0 atom stereocenters. The standard InChI is InChI=1S/C17H20ClN5O4S2/c1-3-22(4-2)29(26,27)16-11-14(23(24)25)9-10-15(16)20-21-17(28)19-13-7-5-12(18)6-8-13/h5-11,20H,3-4H2,1-2H3,(H2,19,21,28). The maximum Gasteiger partial charge on any atom is 0.270 e. The fourth-order valence-corrected chi connectivity index (χ4v) is 4.38. The first-order chi connectivity index (χ1) is 13.7. The Morgan fingerprint density at radius 2 is 1.79 bits per heavy atom. The monoisotopic (exact) mass is 457 g/mol. The van der Waals surface area contributed by atoms with Crippen LogP contribution in [0.25, 0.3) is 0 Å². The molecule has 0 amide bonds. The van der Waals surface area contributed by atoms with Gasteiger partial charge in [0.1, 0.15) is 4.90 Å². The molecule has 156 valence electrons. The fourth-order valence-electron chi connectivity index (χ4n) is 2.46. The molecule has 0 heterocycles. The molecule has 3 N–H and O–H groups in total. The number of sulfonamides is 1. The van der Waals surface area contributed by atoms with Crippen LogP contribution in [0.4, 0.5) is 17.1 Å². The number of halogens is 1. The van der Waals surface area contributed by atoms with Gasteiger partial charge in [0.15, 0.2) is 5.11 Å². The third-order valence-corrected chi connectivity index (χ3v) is 6.46. The van der Waals surface area contributed by atoms with Gasteiger partial charge in [-0.05, 0) is 42.5 Å². The van der Waals surface area contributed by atoms with Crippen molar-refractivity contribution in [2.75, 3.05) is 23.8 Å². The van der Waals surface area contributed by atoms with Crippen LogP contribution in [-0.4, -0.2) is 35.8 Å². The van der Waals surface area contributed by atoms with Crippen molar-refractivity contribution in [3.05, 3.63) is 57.6 Å². The third-order valence-electron chi connectivity index (χ3n) is 3.91. The van der Waals surface area contributed by atoms with Crippen molar-refractivity contribution >= 4 is 56.0 Å². The Balaban J connectivity index is 2.26. The molecule has 0 aliphatic carbocycles. The van der Waals surface area contributed by atoms with Crippen molar-refractivity contribution in [1.29, 1.82) is 0 Å². The molecule has 0 spiro atoms. The molecule has 12 heteroatoms. The topological polar surface area (TPSA) is 117 Å². The molecular weight excluding hydrogens is 438 g/mol. The van der Waals surface area contributed by atoms with Gasteiger partial charge in [0.25, 0.3) is 5.69 Å². The van der Waals surface area contributed by atoms with Gasteiger partial charge in [0, 0.05) is 35.9 Å². The zero-order valence-electron chi connectivity index (χ0n) is 15.7. The second kappa shape index (κ2) is 9.83. The minimum atomic E-state index is -3.95. The van der Waals surface area contributed by atoms with Gasteiger partial charge in [0.05, 0.1) is 10.6 Å². The van der Waals surface area contributed by atoms with Crippen molar-refractivity contribution < 1.29 is 13.3 Å². The van der Waals surface area contributed by atoms with E-state index in [2.05, 4.69) is 16.2 Å². The predicted octanol–water partition coefficient (Wildman–Crippen LogP) is 3.59. The number of thiocarbonyl (C=S) groups is 1. The number of non-ortho nitro benzene ring substituents is 1. The minimum Gasteiger partial charge on any atom is -0.331 e. The van der Waals surface area contributed by atoms with E-state index in [0.29, 0.717) is 10.7 Å². The number of hydrazine groups is 1. The lowest BCUT2D eigenvalue weighted by atomic mass is 10.3. The van der Waals surface area contributed by atoms with E-state index in [1.165, 1.54) is 16.4 Å². The Bertz CT molecular complexity index is 995. The number of anilines is 2. The van der Waals surface area contributed by atoms with Gasteiger partial charge < -0.3 is 5.32 Å². The number of nitrogens with zero attached hydrogens (tertiary/aromatic N) is 2. The molecule has 0 aliphatic rings. The van der Waals surface area contributed by atoms with E-state index in [9.17, 15) is 18.5 Å². The van der Waals surface area contributed by atoms with E-state index in [1.54, 1.807) is 38.1 Å². The molecule has 0 aliphatic heterocycles. The normalized spacial score (nSPS) is 11.2. The van der Waals surface area contributed by atoms with Crippen LogP contribution in [0.1, 0.15) is 13.8 Å². The number of hydrogen-bond donors (Lipinski definition) is 3. The summed E-state index contributed by atoms with van der Waals surface area (Å²) in [6, 6.07) is 10.4. The first-order valence-electron chi connectivity index (χ1n) is 8.56. The summed E-state index contributed by atoms with van der Waals surface area (Å²) in [5.41, 5.74) is 5.87. The van der Waals surface area contributed by atoms with Crippen LogP contribution in [0.2, 0.25) is 5.02 Å². The number of hydrogen-bond acceptors (Lipinski definition) is 6. The van der Waals surface area contributed by atoms with Gasteiger partial charge in [-0.2, -0.15) is 4.31 Å². The average Bonchev–Trinajstić information content (AvgIpc) is 2.68. The van der Waals surface area contributed by atoms with Gasteiger partial charge in [-0.1, -0.05) is 25.4 Å². The second-order valence-corrected chi connectivity index (χ2v) is 8.49. The molecule has 2 aromatic carbocycles. The Hall–Kier alpha value is -2.47. The first-order valence-corrected chi connectivity index (χ1v) is 10.8. The van der Waals surface area contributed by atoms with E-state index in [1.807, 2.05) is 0 Å². The summed E-state index contributed by atoms with van der Waals surface area (Å²) in [4.78, 5) is 10.2. The quantitative estimate of drug-likeness (QED) is 0.313. The molecule has 0 saturated carbocycles. The molecule has 0 fully saturated rings. The first kappa shape index (κ1) is 22.8. The Labute approximate surface area is 179 Å². The maximum atomic E-state index is 12.9. The van der Waals surface area contributed by atoms with Gasteiger partial charge in [-0.25, -0.2) is 8.42 Å². The van der Waals surface area contributed by atoms with E-state index in [4.69, 9.17) is 23.8 Å². The number of nitrogens with one attached hydrogen (secondary N) is 3. The van der Waals surface area contributed by atoms with Crippen LogP contribution in [0.5, 0.6) is 0 Å². The van der Waals surface area contributed by atoms with Crippen molar-refractivity contribution in [2.24, 2.45) is 0 Å². The number of benzene rings is 2. The van der Waals surface area contributed by atoms with Gasteiger partial charge in [0.2, 0.25) is 10.0 Å². The summed E-state index contributed by atoms with van der Waals surface area (Å²) in [6.45, 7) is 3.83. The molecule has 0 unspecified atom stereocenters. The van der Waals surface area contributed by atoms with Gasteiger partial charge in [-0.3, -0.25) is 21.0 Å². The van der Waals surface area contributed by atoms with E-state index < -0.39 is 14.9 Å². The zero-order valence-corrected chi connectivity index (χ0v) is 18.1. The highest BCUT2D eigenvalue weighted by molar-refractivity contribution is 7.89. The number of nitro groups is 1. The zero-order chi connectivity index (χ0) is 21.6. The lowest BCUT2D eigenvalue weighted by Gasteiger charge is -2.21. The van der Waals surface area contributed by atoms with Crippen molar-refractivity contribution in [1.82, 2.24) is 9.73 Å². The molecule has 29 heavy (non-hydrogen) atoms. The smallest absolute Gasteiger partial charge is 0.270 e. The number of rotatable bonds is 8. The molecule has 2 rings (SSSR count). The van der Waals surface area contributed by atoms with Gasteiger partial charge >= 0.3 is 0 Å². The van der Waals surface area contributed by atoms with E-state index in [-0.39, 0.29) is 34.5 Å². The summed E-state index contributed by atoms with van der Waals surface area (Å²) in [5, 5.41) is 14.8. The van der Waals surface area contributed by atoms with Gasteiger partial charge in [-0.15, -0.1) is 0 Å². The Morgan fingerprint density at radius 1 is 1.17 bits per heavy atom. The van der Waals surface area contributed by atoms with Crippen LogP contribution >= 0.6 is 23.8 Å². The lowest BCUT2D eigenvalue weighted by Crippen LogP contribution is -2.35. The highest BCUT2D eigenvalue weighted by atomic mass is 35.5. The number of nitro benzene ring substituents is 1. The Kier molecular flexibility index (Phi) is 7.73. The van der Waals surface area contributed by atoms with E-state index >= 15 is 0 Å². The minimum absolute atomic E-state index is 0.128. The molecular formula is C17H20ClN5O4S2. The molecule has 0 saturated heterocycles. The van der Waals surface area contributed by atoms with Crippen LogP contribution < -0.4 is 16.2 Å². The molecule has 0 aromatic heterocycles. The van der Waals surface area contributed by atoms with Crippen LogP contribution in [0.15, 0.2) is 47.4 Å². The van der Waals surface area contributed by atoms with Crippen molar-refractivity contribution in [3.63, 3.8) is 0 Å². The van der Waals surface area contributed by atoms with Crippen LogP contribution in [0, 0.1) is 10.1 Å².